The summed E-state index contributed by atoms with van der Waals surface area (Å²) in [5.74, 6) is 0.613. The average Bonchev–Trinajstić information content (AvgIpc) is 3.43. The SMILES string of the molecule is O=C(NCCN1C(=O)S/C(=C/c2ccc3c(c2)OCO3)C1=O)c1ccc(N2CCCCC2=O)cc1. The van der Waals surface area contributed by atoms with Crippen molar-refractivity contribution < 1.29 is 28.7 Å². The van der Waals surface area contributed by atoms with Crippen LogP contribution >= 0.6 is 11.8 Å². The van der Waals surface area contributed by atoms with Crippen LogP contribution in [0.15, 0.2) is 47.4 Å². The maximum absolute atomic E-state index is 12.7. The van der Waals surface area contributed by atoms with Crippen LogP contribution in [-0.2, 0) is 9.59 Å². The van der Waals surface area contributed by atoms with E-state index in [1.807, 2.05) is 0 Å². The number of rotatable bonds is 6. The highest BCUT2D eigenvalue weighted by atomic mass is 32.2. The fourth-order valence-corrected chi connectivity index (χ4v) is 4.97. The van der Waals surface area contributed by atoms with Gasteiger partial charge in [0.2, 0.25) is 12.7 Å². The minimum Gasteiger partial charge on any atom is -0.454 e. The molecular formula is C25H23N3O6S. The van der Waals surface area contributed by atoms with Gasteiger partial charge in [0.25, 0.3) is 17.1 Å². The van der Waals surface area contributed by atoms with Gasteiger partial charge in [0.1, 0.15) is 0 Å². The second-order valence-corrected chi connectivity index (χ2v) is 9.24. The van der Waals surface area contributed by atoms with Crippen LogP contribution in [0.3, 0.4) is 0 Å². The van der Waals surface area contributed by atoms with Gasteiger partial charge in [-0.2, -0.15) is 0 Å². The third kappa shape index (κ3) is 4.88. The highest BCUT2D eigenvalue weighted by molar-refractivity contribution is 8.18. The molecule has 0 atom stereocenters. The van der Waals surface area contributed by atoms with Gasteiger partial charge in [-0.25, -0.2) is 0 Å². The molecule has 3 aliphatic rings. The van der Waals surface area contributed by atoms with Crippen molar-refractivity contribution in [2.45, 2.75) is 19.3 Å². The fraction of sp³-hybridized carbons (Fsp3) is 0.280. The zero-order valence-corrected chi connectivity index (χ0v) is 19.6. The summed E-state index contributed by atoms with van der Waals surface area (Å²) in [7, 11) is 0. The van der Waals surface area contributed by atoms with Crippen molar-refractivity contribution in [3.63, 3.8) is 0 Å². The summed E-state index contributed by atoms with van der Waals surface area (Å²) >= 11 is 0.862. The first-order chi connectivity index (χ1) is 17.0. The van der Waals surface area contributed by atoms with Gasteiger partial charge in [-0.05, 0) is 72.6 Å². The van der Waals surface area contributed by atoms with E-state index in [0.29, 0.717) is 34.9 Å². The van der Waals surface area contributed by atoms with Crippen molar-refractivity contribution in [3.8, 4) is 11.5 Å². The lowest BCUT2D eigenvalue weighted by atomic mass is 10.1. The Morgan fingerprint density at radius 1 is 1.03 bits per heavy atom. The Hall–Kier alpha value is -3.79. The standard InChI is InChI=1S/C25H23N3O6S/c29-22-3-1-2-11-27(22)18-7-5-17(6-8-18)23(30)26-10-12-28-24(31)21(35-25(28)32)14-16-4-9-19-20(13-16)34-15-33-19/h4-9,13-14H,1-3,10-12,15H2,(H,26,30)/b21-14+. The Balaban J connectivity index is 1.15. The van der Waals surface area contributed by atoms with Crippen molar-refractivity contribution in [1.82, 2.24) is 10.2 Å². The third-order valence-corrected chi connectivity index (χ3v) is 6.86. The summed E-state index contributed by atoms with van der Waals surface area (Å²) in [6.45, 7) is 1.03. The summed E-state index contributed by atoms with van der Waals surface area (Å²) in [6.07, 6.45) is 4.06. The van der Waals surface area contributed by atoms with Gasteiger partial charge in [-0.15, -0.1) is 0 Å². The van der Waals surface area contributed by atoms with Crippen LogP contribution in [0.1, 0.15) is 35.2 Å². The van der Waals surface area contributed by atoms with E-state index < -0.39 is 5.91 Å². The lowest BCUT2D eigenvalue weighted by Crippen LogP contribution is -2.37. The molecule has 9 nitrogen and oxygen atoms in total. The number of piperidine rings is 1. The number of thioether (sulfide) groups is 1. The highest BCUT2D eigenvalue weighted by Gasteiger charge is 2.34. The van der Waals surface area contributed by atoms with Crippen molar-refractivity contribution in [2.75, 3.05) is 31.3 Å². The minimum atomic E-state index is -0.400. The predicted molar refractivity (Wildman–Crippen MR) is 130 cm³/mol. The molecule has 0 unspecified atom stereocenters. The minimum absolute atomic E-state index is 0.0647. The monoisotopic (exact) mass is 493 g/mol. The smallest absolute Gasteiger partial charge is 0.293 e. The van der Waals surface area contributed by atoms with E-state index in [1.165, 1.54) is 0 Å². The molecule has 1 N–H and O–H groups in total. The Kier molecular flexibility index (Phi) is 6.45. The molecule has 3 aliphatic heterocycles. The second kappa shape index (κ2) is 9.83. The van der Waals surface area contributed by atoms with Crippen LogP contribution in [-0.4, -0.2) is 54.3 Å². The number of carbonyl (C=O) groups excluding carboxylic acids is 4. The molecule has 0 bridgehead atoms. The number of hydrogen-bond acceptors (Lipinski definition) is 7. The average molecular weight is 494 g/mol. The van der Waals surface area contributed by atoms with E-state index in [4.69, 9.17) is 9.47 Å². The molecule has 0 aliphatic carbocycles. The molecule has 180 valence electrons. The van der Waals surface area contributed by atoms with Crippen molar-refractivity contribution >= 4 is 46.5 Å². The topological polar surface area (TPSA) is 105 Å². The molecule has 4 amide bonds. The van der Waals surface area contributed by atoms with Crippen molar-refractivity contribution in [3.05, 3.63) is 58.5 Å². The Labute approximate surface area is 206 Å². The van der Waals surface area contributed by atoms with E-state index in [-0.39, 0.29) is 36.9 Å². The molecule has 2 aromatic carbocycles. The molecule has 5 rings (SSSR count). The van der Waals surface area contributed by atoms with Gasteiger partial charge in [-0.1, -0.05) is 6.07 Å². The number of nitrogens with one attached hydrogen (secondary N) is 1. The summed E-state index contributed by atoms with van der Waals surface area (Å²) in [6, 6.07) is 12.1. The van der Waals surface area contributed by atoms with Crippen LogP contribution in [0.25, 0.3) is 6.08 Å². The number of fused-ring (bicyclic) bond motifs is 1. The number of hydrogen-bond donors (Lipinski definition) is 1. The summed E-state index contributed by atoms with van der Waals surface area (Å²) < 4.78 is 10.6. The van der Waals surface area contributed by atoms with E-state index in [0.717, 1.165) is 40.8 Å². The maximum atomic E-state index is 12.7. The summed E-state index contributed by atoms with van der Waals surface area (Å²) in [4.78, 5) is 52.9. The van der Waals surface area contributed by atoms with Gasteiger partial charge in [-0.3, -0.25) is 24.1 Å². The molecule has 10 heteroatoms. The normalized spacial score (nSPS) is 18.5. The molecule has 2 fully saturated rings. The Morgan fingerprint density at radius 2 is 1.83 bits per heavy atom. The van der Waals surface area contributed by atoms with Gasteiger partial charge < -0.3 is 19.7 Å². The summed E-state index contributed by atoms with van der Waals surface area (Å²) in [5, 5.41) is 2.36. The number of imide groups is 1. The van der Waals surface area contributed by atoms with Crippen LogP contribution in [0.4, 0.5) is 10.5 Å². The molecule has 0 aromatic heterocycles. The van der Waals surface area contributed by atoms with E-state index in [1.54, 1.807) is 53.4 Å². The predicted octanol–water partition coefficient (Wildman–Crippen LogP) is 3.40. The molecule has 0 radical (unpaired) electrons. The molecule has 0 saturated carbocycles. The first-order valence-electron chi connectivity index (χ1n) is 11.3. The number of nitrogens with zero attached hydrogens (tertiary/aromatic N) is 2. The lowest BCUT2D eigenvalue weighted by molar-refractivity contribution is -0.122. The number of benzene rings is 2. The molecule has 2 aromatic rings. The zero-order valence-electron chi connectivity index (χ0n) is 18.8. The highest BCUT2D eigenvalue weighted by Crippen LogP contribution is 2.36. The van der Waals surface area contributed by atoms with Gasteiger partial charge in [0.15, 0.2) is 11.5 Å². The maximum Gasteiger partial charge on any atom is 0.293 e. The second-order valence-electron chi connectivity index (χ2n) is 8.25. The van der Waals surface area contributed by atoms with Gasteiger partial charge in [0, 0.05) is 37.3 Å². The Morgan fingerprint density at radius 3 is 2.63 bits per heavy atom. The molecule has 3 heterocycles. The van der Waals surface area contributed by atoms with E-state index in [2.05, 4.69) is 5.32 Å². The summed E-state index contributed by atoms with van der Waals surface area (Å²) in [5.41, 5.74) is 1.94. The van der Waals surface area contributed by atoms with E-state index >= 15 is 0 Å². The third-order valence-electron chi connectivity index (χ3n) is 5.95. The van der Waals surface area contributed by atoms with Crippen LogP contribution < -0.4 is 19.7 Å². The quantitative estimate of drug-likeness (QED) is 0.615. The molecular weight excluding hydrogens is 470 g/mol. The Bertz CT molecular complexity index is 1230. The first kappa shape index (κ1) is 23.0. The van der Waals surface area contributed by atoms with Gasteiger partial charge in [0.05, 0.1) is 4.91 Å². The van der Waals surface area contributed by atoms with Crippen LogP contribution in [0.2, 0.25) is 0 Å². The van der Waals surface area contributed by atoms with Crippen molar-refractivity contribution in [2.24, 2.45) is 0 Å². The first-order valence-corrected chi connectivity index (χ1v) is 12.1. The number of amides is 4. The fourth-order valence-electron chi connectivity index (χ4n) is 4.10. The van der Waals surface area contributed by atoms with Crippen LogP contribution in [0.5, 0.6) is 11.5 Å². The molecule has 35 heavy (non-hydrogen) atoms. The van der Waals surface area contributed by atoms with Crippen molar-refractivity contribution in [1.29, 1.82) is 0 Å². The van der Waals surface area contributed by atoms with E-state index in [9.17, 15) is 19.2 Å². The van der Waals surface area contributed by atoms with Crippen LogP contribution in [0, 0.1) is 0 Å². The number of ether oxygens (including phenoxy) is 2. The lowest BCUT2D eigenvalue weighted by Gasteiger charge is -2.26. The number of carbonyl (C=O) groups is 4. The van der Waals surface area contributed by atoms with Gasteiger partial charge >= 0.3 is 0 Å². The largest absolute Gasteiger partial charge is 0.454 e. The number of anilines is 1. The molecule has 2 saturated heterocycles. The molecule has 0 spiro atoms. The zero-order chi connectivity index (χ0) is 24.4.